The summed E-state index contributed by atoms with van der Waals surface area (Å²) in [5.74, 6) is -0.362. The van der Waals surface area contributed by atoms with Gasteiger partial charge in [-0.15, -0.1) is 0 Å². The topological polar surface area (TPSA) is 30.0 Å². The second-order valence-corrected chi connectivity index (χ2v) is 4.87. The van der Waals surface area contributed by atoms with Gasteiger partial charge in [-0.1, -0.05) is 29.3 Å². The maximum atomic E-state index is 12.3. The molecule has 18 heavy (non-hydrogen) atoms. The molecule has 0 fully saturated rings. The van der Waals surface area contributed by atoms with Gasteiger partial charge in [0, 0.05) is 21.8 Å². The normalized spacial score (nSPS) is 12.2. The highest BCUT2D eigenvalue weighted by atomic mass is 35.5. The van der Waals surface area contributed by atoms with Crippen molar-refractivity contribution in [2.45, 2.75) is 12.8 Å². The molecule has 0 saturated carbocycles. The molecule has 0 amide bonds. The minimum Gasteiger partial charge on any atom is -0.293 e. The number of Topliss-reactive ketones (excluding diaryl/α,β-unsaturated/α-hetero) is 1. The lowest BCUT2D eigenvalue weighted by molar-refractivity contribution is 0.0964. The third kappa shape index (κ3) is 2.89. The van der Waals surface area contributed by atoms with E-state index in [4.69, 9.17) is 23.2 Å². The van der Waals surface area contributed by atoms with Gasteiger partial charge in [0.1, 0.15) is 0 Å². The third-order valence-corrected chi connectivity index (χ3v) is 3.11. The van der Waals surface area contributed by atoms with Crippen molar-refractivity contribution >= 4 is 29.0 Å². The first-order valence-electron chi connectivity index (χ1n) is 5.49. The Labute approximate surface area is 116 Å². The van der Waals surface area contributed by atoms with E-state index in [1.807, 2.05) is 25.1 Å². The fourth-order valence-corrected chi connectivity index (χ4v) is 2.24. The summed E-state index contributed by atoms with van der Waals surface area (Å²) < 4.78 is 0. The van der Waals surface area contributed by atoms with E-state index in [0.29, 0.717) is 15.6 Å². The zero-order valence-electron chi connectivity index (χ0n) is 9.73. The van der Waals surface area contributed by atoms with Gasteiger partial charge in [-0.3, -0.25) is 9.78 Å². The molecule has 0 bridgehead atoms. The lowest BCUT2D eigenvalue weighted by Crippen LogP contribution is -2.11. The van der Waals surface area contributed by atoms with Crippen LogP contribution in [0.1, 0.15) is 28.9 Å². The molecule has 4 heteroatoms. The molecule has 0 N–H and O–H groups in total. The summed E-state index contributed by atoms with van der Waals surface area (Å²) >= 11 is 11.8. The SMILES string of the molecule is CC(C(=O)c1cc(Cl)cc(Cl)c1)c1ccccn1. The molecule has 1 heterocycles. The standard InChI is InChI=1S/C14H11Cl2NO/c1-9(13-4-2-3-5-17-13)14(18)10-6-11(15)8-12(16)7-10/h2-9H,1H3. The molecule has 2 aromatic rings. The average Bonchev–Trinajstić information content (AvgIpc) is 2.37. The van der Waals surface area contributed by atoms with Gasteiger partial charge in [-0.05, 0) is 37.3 Å². The van der Waals surface area contributed by atoms with E-state index in [0.717, 1.165) is 5.69 Å². The van der Waals surface area contributed by atoms with E-state index in [-0.39, 0.29) is 11.7 Å². The molecule has 0 saturated heterocycles. The van der Waals surface area contributed by atoms with Gasteiger partial charge < -0.3 is 0 Å². The Morgan fingerprint density at radius 1 is 1.17 bits per heavy atom. The number of aromatic nitrogens is 1. The van der Waals surface area contributed by atoms with E-state index in [1.165, 1.54) is 0 Å². The lowest BCUT2D eigenvalue weighted by Gasteiger charge is -2.10. The highest BCUT2D eigenvalue weighted by Crippen LogP contribution is 2.24. The molecule has 1 atom stereocenters. The van der Waals surface area contributed by atoms with E-state index >= 15 is 0 Å². The fourth-order valence-electron chi connectivity index (χ4n) is 1.71. The number of hydrogen-bond acceptors (Lipinski definition) is 2. The first kappa shape index (κ1) is 13.1. The summed E-state index contributed by atoms with van der Waals surface area (Å²) in [6, 6.07) is 10.3. The second-order valence-electron chi connectivity index (χ2n) is 4.00. The molecule has 0 spiro atoms. The number of carbonyl (C=O) groups is 1. The molecule has 2 rings (SSSR count). The van der Waals surface area contributed by atoms with Gasteiger partial charge in [-0.2, -0.15) is 0 Å². The van der Waals surface area contributed by atoms with E-state index < -0.39 is 0 Å². The Balaban J connectivity index is 2.31. The van der Waals surface area contributed by atoms with Crippen molar-refractivity contribution in [3.8, 4) is 0 Å². The van der Waals surface area contributed by atoms with Crippen LogP contribution in [0.2, 0.25) is 10.0 Å². The maximum Gasteiger partial charge on any atom is 0.171 e. The first-order valence-corrected chi connectivity index (χ1v) is 6.25. The Kier molecular flexibility index (Phi) is 4.00. The van der Waals surface area contributed by atoms with Gasteiger partial charge >= 0.3 is 0 Å². The molecular formula is C14H11Cl2NO. The Morgan fingerprint density at radius 3 is 2.39 bits per heavy atom. The average molecular weight is 280 g/mol. The van der Waals surface area contributed by atoms with Crippen LogP contribution in [-0.4, -0.2) is 10.8 Å². The van der Waals surface area contributed by atoms with Crippen LogP contribution in [0.25, 0.3) is 0 Å². The van der Waals surface area contributed by atoms with Gasteiger partial charge in [0.2, 0.25) is 0 Å². The number of benzene rings is 1. The molecule has 92 valence electrons. The minimum atomic E-state index is -0.319. The highest BCUT2D eigenvalue weighted by Gasteiger charge is 2.18. The molecule has 2 nitrogen and oxygen atoms in total. The number of nitrogens with zero attached hydrogens (tertiary/aromatic N) is 1. The summed E-state index contributed by atoms with van der Waals surface area (Å²) in [5.41, 5.74) is 1.24. The number of pyridine rings is 1. The monoisotopic (exact) mass is 279 g/mol. The molecule has 0 aliphatic carbocycles. The van der Waals surface area contributed by atoms with Gasteiger partial charge in [0.15, 0.2) is 5.78 Å². The zero-order valence-corrected chi connectivity index (χ0v) is 11.2. The fraction of sp³-hybridized carbons (Fsp3) is 0.143. The summed E-state index contributed by atoms with van der Waals surface area (Å²) in [7, 11) is 0. The zero-order chi connectivity index (χ0) is 13.1. The van der Waals surface area contributed by atoms with Crippen LogP contribution in [0.4, 0.5) is 0 Å². The van der Waals surface area contributed by atoms with Gasteiger partial charge in [0.25, 0.3) is 0 Å². The summed E-state index contributed by atoms with van der Waals surface area (Å²) in [6.07, 6.45) is 1.67. The molecule has 1 aromatic carbocycles. The van der Waals surface area contributed by atoms with E-state index in [9.17, 15) is 4.79 Å². The Hall–Kier alpha value is -1.38. The first-order chi connectivity index (χ1) is 8.58. The summed E-state index contributed by atoms with van der Waals surface area (Å²) in [6.45, 7) is 1.82. The Morgan fingerprint density at radius 2 is 1.83 bits per heavy atom. The van der Waals surface area contributed by atoms with Crippen LogP contribution in [0.15, 0.2) is 42.6 Å². The molecule has 0 radical (unpaired) electrons. The molecule has 0 aliphatic heterocycles. The maximum absolute atomic E-state index is 12.3. The number of halogens is 2. The Bertz CT molecular complexity index is 549. The van der Waals surface area contributed by atoms with Crippen molar-refractivity contribution in [1.82, 2.24) is 4.98 Å². The van der Waals surface area contributed by atoms with Crippen molar-refractivity contribution < 1.29 is 4.79 Å². The van der Waals surface area contributed by atoms with E-state index in [2.05, 4.69) is 4.98 Å². The van der Waals surface area contributed by atoms with Crippen LogP contribution in [-0.2, 0) is 0 Å². The second kappa shape index (κ2) is 5.51. The molecule has 1 aromatic heterocycles. The van der Waals surface area contributed by atoms with Gasteiger partial charge in [-0.25, -0.2) is 0 Å². The molecular weight excluding hydrogens is 269 g/mol. The summed E-state index contributed by atoms with van der Waals surface area (Å²) in [4.78, 5) is 16.5. The predicted octanol–water partition coefficient (Wildman–Crippen LogP) is 4.37. The largest absolute Gasteiger partial charge is 0.293 e. The lowest BCUT2D eigenvalue weighted by atomic mass is 9.96. The van der Waals surface area contributed by atoms with E-state index in [1.54, 1.807) is 24.4 Å². The number of rotatable bonds is 3. The molecule has 0 aliphatic rings. The van der Waals surface area contributed by atoms with Crippen LogP contribution in [0, 0.1) is 0 Å². The molecule has 1 unspecified atom stereocenters. The summed E-state index contributed by atoms with van der Waals surface area (Å²) in [5, 5.41) is 0.915. The highest BCUT2D eigenvalue weighted by molar-refractivity contribution is 6.35. The number of hydrogen-bond donors (Lipinski definition) is 0. The quantitative estimate of drug-likeness (QED) is 0.781. The van der Waals surface area contributed by atoms with Crippen LogP contribution < -0.4 is 0 Å². The predicted molar refractivity (Wildman–Crippen MR) is 73.4 cm³/mol. The van der Waals surface area contributed by atoms with Crippen LogP contribution in [0.5, 0.6) is 0 Å². The van der Waals surface area contributed by atoms with Crippen LogP contribution >= 0.6 is 23.2 Å². The van der Waals surface area contributed by atoms with Crippen molar-refractivity contribution in [3.05, 3.63) is 63.9 Å². The minimum absolute atomic E-state index is 0.0434. The number of carbonyl (C=O) groups excluding carboxylic acids is 1. The smallest absolute Gasteiger partial charge is 0.171 e. The number of ketones is 1. The van der Waals surface area contributed by atoms with Crippen molar-refractivity contribution in [1.29, 1.82) is 0 Å². The van der Waals surface area contributed by atoms with Crippen molar-refractivity contribution in [2.24, 2.45) is 0 Å². The van der Waals surface area contributed by atoms with Crippen molar-refractivity contribution in [2.75, 3.05) is 0 Å². The van der Waals surface area contributed by atoms with Crippen molar-refractivity contribution in [3.63, 3.8) is 0 Å². The van der Waals surface area contributed by atoms with Crippen LogP contribution in [0.3, 0.4) is 0 Å². The third-order valence-electron chi connectivity index (χ3n) is 2.67. The van der Waals surface area contributed by atoms with Gasteiger partial charge in [0.05, 0.1) is 11.6 Å².